The van der Waals surface area contributed by atoms with Gasteiger partial charge in [-0.25, -0.2) is 4.98 Å². The minimum absolute atomic E-state index is 0.0880. The van der Waals surface area contributed by atoms with E-state index < -0.39 is 0 Å². The average Bonchev–Trinajstić information content (AvgIpc) is 3.36. The number of aromatic hydroxyl groups is 1. The van der Waals surface area contributed by atoms with Crippen LogP contribution in [0, 0.1) is 0 Å². The average molecular weight is 454 g/mol. The van der Waals surface area contributed by atoms with Gasteiger partial charge in [0.25, 0.3) is 5.91 Å². The molecule has 158 valence electrons. The van der Waals surface area contributed by atoms with Gasteiger partial charge in [-0.1, -0.05) is 30.3 Å². The molecule has 0 saturated carbocycles. The Morgan fingerprint density at radius 1 is 1.13 bits per heavy atom. The topological polar surface area (TPSA) is 84.3 Å². The zero-order chi connectivity index (χ0) is 22.0. The molecule has 1 saturated heterocycles. The summed E-state index contributed by atoms with van der Waals surface area (Å²) in [5.74, 6) is 0.268. The summed E-state index contributed by atoms with van der Waals surface area (Å²) in [6.07, 6.45) is 1.72. The van der Waals surface area contributed by atoms with E-state index in [9.17, 15) is 9.90 Å². The quantitative estimate of drug-likeness (QED) is 0.561. The van der Waals surface area contributed by atoms with Crippen molar-refractivity contribution in [2.24, 2.45) is 4.99 Å². The number of carbonyl (C=O) groups excluding carboxylic acids is 1. The third-order valence-corrected chi connectivity index (χ3v) is 6.35. The second-order valence-corrected chi connectivity index (χ2v) is 8.37. The first-order valence-electron chi connectivity index (χ1n) is 9.22. The summed E-state index contributed by atoms with van der Waals surface area (Å²) in [6, 6.07) is 13.1. The number of carbonyl (C=O) groups is 1. The molecule has 1 aliphatic heterocycles. The molecule has 1 aromatic heterocycles. The van der Waals surface area contributed by atoms with Crippen LogP contribution in [0.4, 0.5) is 5.13 Å². The number of rotatable bonds is 5. The first kappa shape index (κ1) is 21.0. The largest absolute Gasteiger partial charge is 0.502 e. The first-order chi connectivity index (χ1) is 15.0. The summed E-state index contributed by atoms with van der Waals surface area (Å²) in [5, 5.41) is 13.2. The minimum Gasteiger partial charge on any atom is -0.502 e. The summed E-state index contributed by atoms with van der Waals surface area (Å²) in [5.41, 5.74) is 2.53. The van der Waals surface area contributed by atoms with Crippen molar-refractivity contribution < 1.29 is 19.4 Å². The van der Waals surface area contributed by atoms with Crippen molar-refractivity contribution in [1.29, 1.82) is 0 Å². The fraction of sp³-hybridized carbons (Fsp3) is 0.136. The van der Waals surface area contributed by atoms with Crippen molar-refractivity contribution in [2.75, 3.05) is 21.3 Å². The number of thiazole rings is 1. The molecule has 0 spiro atoms. The number of phenolic OH excluding ortho intramolecular Hbond substituents is 1. The Kier molecular flexibility index (Phi) is 5.97. The van der Waals surface area contributed by atoms with Crippen LogP contribution >= 0.6 is 23.1 Å². The van der Waals surface area contributed by atoms with E-state index in [0.29, 0.717) is 20.8 Å². The molecule has 2 aromatic carbocycles. The van der Waals surface area contributed by atoms with Crippen molar-refractivity contribution >= 4 is 45.4 Å². The molecule has 1 N–H and O–H groups in total. The van der Waals surface area contributed by atoms with Crippen LogP contribution in [0.1, 0.15) is 5.56 Å². The van der Waals surface area contributed by atoms with Crippen LogP contribution in [0.25, 0.3) is 17.3 Å². The Morgan fingerprint density at radius 2 is 1.81 bits per heavy atom. The van der Waals surface area contributed by atoms with Crippen molar-refractivity contribution in [3.8, 4) is 28.5 Å². The molecule has 1 fully saturated rings. The molecule has 9 heteroatoms. The fourth-order valence-corrected chi connectivity index (χ4v) is 4.66. The monoisotopic (exact) mass is 453 g/mol. The maximum atomic E-state index is 12.7. The minimum atomic E-state index is -0.172. The number of thioether (sulfide) groups is 1. The normalized spacial score (nSPS) is 16.4. The third-order valence-electron chi connectivity index (χ3n) is 4.56. The highest BCUT2D eigenvalue weighted by molar-refractivity contribution is 8.18. The van der Waals surface area contributed by atoms with Crippen LogP contribution < -0.4 is 9.47 Å². The van der Waals surface area contributed by atoms with Crippen LogP contribution in [-0.4, -0.2) is 47.3 Å². The summed E-state index contributed by atoms with van der Waals surface area (Å²) in [7, 11) is 4.59. The van der Waals surface area contributed by atoms with E-state index >= 15 is 0 Å². The maximum Gasteiger partial charge on any atom is 0.266 e. The van der Waals surface area contributed by atoms with E-state index in [1.165, 1.54) is 42.2 Å². The molecule has 1 amide bonds. The van der Waals surface area contributed by atoms with Gasteiger partial charge >= 0.3 is 0 Å². The lowest BCUT2D eigenvalue weighted by molar-refractivity contribution is -0.121. The summed E-state index contributed by atoms with van der Waals surface area (Å²) in [6.45, 7) is 0. The van der Waals surface area contributed by atoms with Gasteiger partial charge in [0.2, 0.25) is 10.9 Å². The van der Waals surface area contributed by atoms with Crippen LogP contribution in [0.2, 0.25) is 0 Å². The molecular weight excluding hydrogens is 434 g/mol. The molecule has 0 unspecified atom stereocenters. The number of phenols is 1. The standard InChI is InChI=1S/C22H19N3O4S2/c1-25-20(27)18(11-13-9-16(28-2)19(26)17(10-13)29-3)31-22(25)24-21-23-15(12-30-21)14-7-5-4-6-8-14/h4-12,26H,1-3H3/b18-11-,24-22+. The zero-order valence-electron chi connectivity index (χ0n) is 17.0. The number of likely N-dealkylation sites (N-methyl/N-ethyl adjacent to an activating group) is 1. The van der Waals surface area contributed by atoms with Crippen LogP contribution in [0.5, 0.6) is 17.2 Å². The second kappa shape index (κ2) is 8.83. The summed E-state index contributed by atoms with van der Waals surface area (Å²) < 4.78 is 10.4. The van der Waals surface area contributed by atoms with Gasteiger partial charge in [0, 0.05) is 18.0 Å². The first-order valence-corrected chi connectivity index (χ1v) is 10.9. The van der Waals surface area contributed by atoms with Crippen LogP contribution in [0.3, 0.4) is 0 Å². The van der Waals surface area contributed by atoms with E-state index in [0.717, 1.165) is 11.3 Å². The maximum absolute atomic E-state index is 12.7. The zero-order valence-corrected chi connectivity index (χ0v) is 18.7. The number of methoxy groups -OCH3 is 2. The fourth-order valence-electron chi connectivity index (χ4n) is 2.94. The lowest BCUT2D eigenvalue weighted by Crippen LogP contribution is -2.23. The molecule has 2 heterocycles. The highest BCUT2D eigenvalue weighted by Gasteiger charge is 2.31. The number of nitrogens with zero attached hydrogens (tertiary/aromatic N) is 3. The van der Waals surface area contributed by atoms with Crippen LogP contribution in [0.15, 0.2) is 57.7 Å². The van der Waals surface area contributed by atoms with Gasteiger partial charge in [0.1, 0.15) is 0 Å². The lowest BCUT2D eigenvalue weighted by Gasteiger charge is -2.09. The SMILES string of the molecule is COc1cc(/C=C2\S/C(=N/c3nc(-c4ccccc4)cs3)N(C)C2=O)cc(OC)c1O. The number of hydrogen-bond donors (Lipinski definition) is 1. The van der Waals surface area contributed by atoms with Gasteiger partial charge in [0.05, 0.1) is 24.8 Å². The molecule has 7 nitrogen and oxygen atoms in total. The predicted octanol–water partition coefficient (Wildman–Crippen LogP) is 4.77. The molecule has 0 atom stereocenters. The Labute approximate surface area is 187 Å². The second-order valence-electron chi connectivity index (χ2n) is 6.52. The number of benzene rings is 2. The predicted molar refractivity (Wildman–Crippen MR) is 124 cm³/mol. The Morgan fingerprint density at radius 3 is 2.45 bits per heavy atom. The van der Waals surface area contributed by atoms with Crippen molar-refractivity contribution in [3.63, 3.8) is 0 Å². The highest BCUT2D eigenvalue weighted by atomic mass is 32.2. The van der Waals surface area contributed by atoms with Gasteiger partial charge in [-0.3, -0.25) is 9.69 Å². The number of amides is 1. The van der Waals surface area contributed by atoms with E-state index in [1.807, 2.05) is 35.7 Å². The Balaban J connectivity index is 1.62. The van der Waals surface area contributed by atoms with Crippen molar-refractivity contribution in [2.45, 2.75) is 0 Å². The summed E-state index contributed by atoms with van der Waals surface area (Å²) >= 11 is 2.68. The molecule has 3 aromatic rings. The van der Waals surface area contributed by atoms with Gasteiger partial charge in [-0.2, -0.15) is 4.99 Å². The molecule has 0 bridgehead atoms. The molecule has 4 rings (SSSR count). The lowest BCUT2D eigenvalue weighted by atomic mass is 10.1. The molecule has 31 heavy (non-hydrogen) atoms. The molecule has 0 aliphatic carbocycles. The van der Waals surface area contributed by atoms with Crippen LogP contribution in [-0.2, 0) is 4.79 Å². The number of amidine groups is 1. The smallest absolute Gasteiger partial charge is 0.266 e. The van der Waals surface area contributed by atoms with Crippen molar-refractivity contribution in [1.82, 2.24) is 9.88 Å². The number of aliphatic imine (C=N–C) groups is 1. The third kappa shape index (κ3) is 4.28. The van der Waals surface area contributed by atoms with Gasteiger partial charge in [0.15, 0.2) is 16.7 Å². The Bertz CT molecular complexity index is 1160. The Hall–Kier alpha value is -3.30. The number of aromatic nitrogens is 1. The molecule has 0 radical (unpaired) electrons. The van der Waals surface area contributed by atoms with Gasteiger partial charge in [-0.15, -0.1) is 11.3 Å². The van der Waals surface area contributed by atoms with E-state index in [4.69, 9.17) is 9.47 Å². The number of ether oxygens (including phenoxy) is 2. The van der Waals surface area contributed by atoms with Gasteiger partial charge < -0.3 is 14.6 Å². The molecule has 1 aliphatic rings. The summed E-state index contributed by atoms with van der Waals surface area (Å²) in [4.78, 5) is 23.9. The number of hydrogen-bond acceptors (Lipinski definition) is 8. The van der Waals surface area contributed by atoms with Gasteiger partial charge in [-0.05, 0) is 35.5 Å². The van der Waals surface area contributed by atoms with E-state index in [-0.39, 0.29) is 23.2 Å². The molecular formula is C22H19N3O4S2. The van der Waals surface area contributed by atoms with Crippen molar-refractivity contribution in [3.05, 3.63) is 58.3 Å². The highest BCUT2D eigenvalue weighted by Crippen LogP contribution is 2.40. The van der Waals surface area contributed by atoms with E-state index in [2.05, 4.69) is 9.98 Å². The van der Waals surface area contributed by atoms with E-state index in [1.54, 1.807) is 25.3 Å².